The first kappa shape index (κ1) is 10.5. The maximum Gasteiger partial charge on any atom is 1.00 e. The molecule has 0 spiro atoms. The fourth-order valence-corrected chi connectivity index (χ4v) is 0.214. The second-order valence-corrected chi connectivity index (χ2v) is 1.14. The predicted octanol–water partition coefficient (Wildman–Crippen LogP) is -2.12. The van der Waals surface area contributed by atoms with Crippen LogP contribution in [0.15, 0.2) is 0 Å². The van der Waals surface area contributed by atoms with E-state index in [0.29, 0.717) is 6.42 Å². The van der Waals surface area contributed by atoms with E-state index in [9.17, 15) is 4.79 Å². The first-order chi connectivity index (χ1) is 2.77. The van der Waals surface area contributed by atoms with E-state index in [1.54, 1.807) is 0 Å². The minimum Gasteiger partial charge on any atom is -0.481 e. The zero-order valence-electron chi connectivity index (χ0n) is 4.77. The summed E-state index contributed by atoms with van der Waals surface area (Å²) in [7, 11) is 0. The van der Waals surface area contributed by atoms with Crippen LogP contribution in [0.5, 0.6) is 0 Å². The minimum absolute atomic E-state index is 0. The van der Waals surface area contributed by atoms with Crippen LogP contribution in [-0.4, -0.2) is 11.1 Å². The van der Waals surface area contributed by atoms with Gasteiger partial charge >= 0.3 is 35.5 Å². The summed E-state index contributed by atoms with van der Waals surface area (Å²) >= 11 is 0. The summed E-state index contributed by atoms with van der Waals surface area (Å²) in [5, 5.41) is 7.91. The third-order valence-corrected chi connectivity index (χ3v) is 0.464. The van der Waals surface area contributed by atoms with Crippen LogP contribution >= 0.6 is 0 Å². The SMILES string of the molecule is CCCC(=O)O.[Na+]. The molecule has 0 fully saturated rings. The average molecular weight is 111 g/mol. The van der Waals surface area contributed by atoms with Gasteiger partial charge in [-0.1, -0.05) is 6.92 Å². The van der Waals surface area contributed by atoms with E-state index in [0.717, 1.165) is 6.42 Å². The number of aliphatic carboxylic acids is 1. The van der Waals surface area contributed by atoms with Gasteiger partial charge in [-0.05, 0) is 6.42 Å². The predicted molar refractivity (Wildman–Crippen MR) is 22.5 cm³/mol. The smallest absolute Gasteiger partial charge is 0.481 e. The van der Waals surface area contributed by atoms with Gasteiger partial charge in [-0.3, -0.25) is 4.79 Å². The molecule has 0 aromatic carbocycles. The maximum absolute atomic E-state index is 9.60. The van der Waals surface area contributed by atoms with Crippen LogP contribution in [-0.2, 0) is 4.79 Å². The molecule has 0 rings (SSSR count). The Morgan fingerprint density at radius 2 is 2.14 bits per heavy atom. The van der Waals surface area contributed by atoms with Crippen molar-refractivity contribution in [2.45, 2.75) is 19.8 Å². The van der Waals surface area contributed by atoms with E-state index >= 15 is 0 Å². The van der Waals surface area contributed by atoms with Crippen molar-refractivity contribution in [3.05, 3.63) is 0 Å². The van der Waals surface area contributed by atoms with E-state index in [4.69, 9.17) is 5.11 Å². The number of carboxylic acids is 1. The normalized spacial score (nSPS) is 7.00. The van der Waals surface area contributed by atoms with Gasteiger partial charge in [0.15, 0.2) is 0 Å². The van der Waals surface area contributed by atoms with Gasteiger partial charge in [-0.15, -0.1) is 0 Å². The van der Waals surface area contributed by atoms with Crippen molar-refractivity contribution in [3.8, 4) is 0 Å². The molecule has 0 atom stereocenters. The van der Waals surface area contributed by atoms with Gasteiger partial charge in [-0.25, -0.2) is 0 Å². The largest absolute Gasteiger partial charge is 1.00 e. The molecule has 0 aliphatic carbocycles. The minimum atomic E-state index is -0.711. The molecule has 0 radical (unpaired) electrons. The third-order valence-electron chi connectivity index (χ3n) is 0.464. The van der Waals surface area contributed by atoms with E-state index in [1.807, 2.05) is 6.92 Å². The summed E-state index contributed by atoms with van der Waals surface area (Å²) in [4.78, 5) is 9.60. The van der Waals surface area contributed by atoms with Crippen LogP contribution in [0.3, 0.4) is 0 Å². The second kappa shape index (κ2) is 6.47. The van der Waals surface area contributed by atoms with Crippen LogP contribution in [0.1, 0.15) is 19.8 Å². The summed E-state index contributed by atoms with van der Waals surface area (Å²) in [6.45, 7) is 1.84. The summed E-state index contributed by atoms with van der Waals surface area (Å²) in [6.07, 6.45) is 1.02. The molecule has 0 aromatic rings. The average Bonchev–Trinajstić information content (AvgIpc) is 1.35. The van der Waals surface area contributed by atoms with E-state index in [-0.39, 0.29) is 29.6 Å². The Morgan fingerprint density at radius 3 is 2.14 bits per heavy atom. The van der Waals surface area contributed by atoms with Gasteiger partial charge in [0, 0.05) is 6.42 Å². The van der Waals surface area contributed by atoms with Gasteiger partial charge < -0.3 is 5.11 Å². The molecule has 2 nitrogen and oxygen atoms in total. The van der Waals surface area contributed by atoms with Crippen LogP contribution in [0.4, 0.5) is 0 Å². The van der Waals surface area contributed by atoms with Gasteiger partial charge in [-0.2, -0.15) is 0 Å². The number of hydrogen-bond donors (Lipinski definition) is 1. The summed E-state index contributed by atoms with van der Waals surface area (Å²) in [5.41, 5.74) is 0. The van der Waals surface area contributed by atoms with Gasteiger partial charge in [0.1, 0.15) is 0 Å². The van der Waals surface area contributed by atoms with Crippen LogP contribution in [0.2, 0.25) is 0 Å². The molecular formula is C4H8NaO2+. The molecule has 0 aliphatic heterocycles. The molecule has 0 amide bonds. The Kier molecular flexibility index (Phi) is 9.66. The first-order valence-corrected chi connectivity index (χ1v) is 1.99. The number of hydrogen-bond acceptors (Lipinski definition) is 1. The van der Waals surface area contributed by atoms with Gasteiger partial charge in [0.25, 0.3) is 0 Å². The van der Waals surface area contributed by atoms with Crippen LogP contribution < -0.4 is 29.6 Å². The monoisotopic (exact) mass is 111 g/mol. The molecule has 7 heavy (non-hydrogen) atoms. The zero-order valence-corrected chi connectivity index (χ0v) is 6.77. The van der Waals surface area contributed by atoms with Crippen molar-refractivity contribution in [1.82, 2.24) is 0 Å². The fourth-order valence-electron chi connectivity index (χ4n) is 0.214. The molecule has 0 aliphatic rings. The standard InChI is InChI=1S/C4H8O2.Na/c1-2-3-4(5)6;/h2-3H2,1H3,(H,5,6);/q;+1. The number of carbonyl (C=O) groups is 1. The van der Waals surface area contributed by atoms with Crippen molar-refractivity contribution in [2.24, 2.45) is 0 Å². The fraction of sp³-hybridized carbons (Fsp3) is 0.750. The van der Waals surface area contributed by atoms with Crippen molar-refractivity contribution in [1.29, 1.82) is 0 Å². The van der Waals surface area contributed by atoms with Crippen LogP contribution in [0, 0.1) is 0 Å². The molecule has 1 N–H and O–H groups in total. The molecule has 0 saturated carbocycles. The Labute approximate surface area is 65.2 Å². The number of rotatable bonds is 2. The Bertz CT molecular complexity index is 53.7. The van der Waals surface area contributed by atoms with Crippen molar-refractivity contribution in [3.63, 3.8) is 0 Å². The zero-order chi connectivity index (χ0) is 4.99. The maximum atomic E-state index is 9.60. The molecule has 0 unspecified atom stereocenters. The number of carboxylic acid groups (broad SMARTS) is 1. The molecule has 0 saturated heterocycles. The van der Waals surface area contributed by atoms with Crippen molar-refractivity contribution < 1.29 is 39.5 Å². The van der Waals surface area contributed by atoms with E-state index in [2.05, 4.69) is 0 Å². The molecular weight excluding hydrogens is 103 g/mol. The second-order valence-electron chi connectivity index (χ2n) is 1.14. The van der Waals surface area contributed by atoms with E-state index < -0.39 is 5.97 Å². The van der Waals surface area contributed by atoms with Gasteiger partial charge in [0.05, 0.1) is 0 Å². The molecule has 36 valence electrons. The van der Waals surface area contributed by atoms with Gasteiger partial charge in [0.2, 0.25) is 0 Å². The molecule has 0 aromatic heterocycles. The quantitative estimate of drug-likeness (QED) is 0.413. The molecule has 3 heteroatoms. The topological polar surface area (TPSA) is 37.3 Å². The summed E-state index contributed by atoms with van der Waals surface area (Å²) in [5.74, 6) is -0.711. The Hall–Kier alpha value is 0.470. The van der Waals surface area contributed by atoms with Crippen molar-refractivity contribution >= 4 is 5.97 Å². The Balaban J connectivity index is 0. The third kappa shape index (κ3) is 10.7. The van der Waals surface area contributed by atoms with Crippen molar-refractivity contribution in [2.75, 3.05) is 0 Å². The first-order valence-electron chi connectivity index (χ1n) is 1.99. The van der Waals surface area contributed by atoms with Crippen LogP contribution in [0.25, 0.3) is 0 Å². The molecule has 0 bridgehead atoms. The summed E-state index contributed by atoms with van der Waals surface area (Å²) < 4.78 is 0. The summed E-state index contributed by atoms with van der Waals surface area (Å²) in [6, 6.07) is 0. The Morgan fingerprint density at radius 1 is 1.71 bits per heavy atom. The van der Waals surface area contributed by atoms with E-state index in [1.165, 1.54) is 0 Å². The molecule has 0 heterocycles.